The zero-order valence-electron chi connectivity index (χ0n) is 5.53. The van der Waals surface area contributed by atoms with Crippen molar-refractivity contribution in [2.24, 2.45) is 0 Å². The second kappa shape index (κ2) is 3.30. The first-order chi connectivity index (χ1) is 5.24. The summed E-state index contributed by atoms with van der Waals surface area (Å²) in [5.41, 5.74) is 0.629. The van der Waals surface area contributed by atoms with Crippen LogP contribution in [0.3, 0.4) is 0 Å². The topological polar surface area (TPSA) is 56.0 Å². The Hall–Kier alpha value is -1.16. The predicted molar refractivity (Wildman–Crippen MR) is 40.4 cm³/mol. The molecule has 0 bridgehead atoms. The molecule has 0 atom stereocenters. The summed E-state index contributed by atoms with van der Waals surface area (Å²) in [5.74, 6) is 0.245. The first-order valence-corrected chi connectivity index (χ1v) is 3.42. The molecule has 11 heavy (non-hydrogen) atoms. The summed E-state index contributed by atoms with van der Waals surface area (Å²) >= 11 is 5.44. The van der Waals surface area contributed by atoms with Gasteiger partial charge in [-0.25, -0.2) is 0 Å². The van der Waals surface area contributed by atoms with Gasteiger partial charge in [-0.2, -0.15) is 0 Å². The van der Waals surface area contributed by atoms with Crippen molar-refractivity contribution in [1.82, 2.24) is 4.98 Å². The van der Waals surface area contributed by atoms with E-state index in [-0.39, 0.29) is 11.6 Å². The Balaban J connectivity index is 3.01. The minimum atomic E-state index is -0.497. The first kappa shape index (κ1) is 7.94. The van der Waals surface area contributed by atoms with E-state index < -0.39 is 4.92 Å². The van der Waals surface area contributed by atoms with Gasteiger partial charge in [-0.3, -0.25) is 15.1 Å². The van der Waals surface area contributed by atoms with Crippen LogP contribution in [-0.2, 0) is 5.88 Å². The van der Waals surface area contributed by atoms with E-state index in [2.05, 4.69) is 4.98 Å². The summed E-state index contributed by atoms with van der Waals surface area (Å²) in [6.07, 6.45) is 2.69. The highest BCUT2D eigenvalue weighted by Crippen LogP contribution is 2.11. The number of halogens is 1. The number of aromatic nitrogens is 1. The Labute approximate surface area is 68.0 Å². The van der Waals surface area contributed by atoms with Gasteiger partial charge < -0.3 is 0 Å². The first-order valence-electron chi connectivity index (χ1n) is 2.88. The maximum atomic E-state index is 10.2. The molecule has 1 aromatic rings. The summed E-state index contributed by atoms with van der Waals surface area (Å²) in [7, 11) is 0. The number of alkyl halides is 1. The SMILES string of the molecule is O=[N+]([O-])c1cncc(CCl)c1. The fraction of sp³-hybridized carbons (Fsp3) is 0.167. The molecule has 0 aliphatic heterocycles. The molecule has 0 fully saturated rings. The van der Waals surface area contributed by atoms with Gasteiger partial charge in [-0.05, 0) is 5.56 Å². The van der Waals surface area contributed by atoms with Gasteiger partial charge in [0.15, 0.2) is 0 Å². The van der Waals surface area contributed by atoms with Crippen molar-refractivity contribution in [2.75, 3.05) is 0 Å². The molecule has 5 heteroatoms. The third-order valence-electron chi connectivity index (χ3n) is 1.15. The summed E-state index contributed by atoms with van der Waals surface area (Å²) in [6, 6.07) is 1.40. The highest BCUT2D eigenvalue weighted by molar-refractivity contribution is 6.17. The maximum Gasteiger partial charge on any atom is 0.287 e. The van der Waals surface area contributed by atoms with Crippen LogP contribution in [0.5, 0.6) is 0 Å². The molecule has 0 radical (unpaired) electrons. The molecule has 4 nitrogen and oxygen atoms in total. The molecular weight excluding hydrogens is 168 g/mol. The third-order valence-corrected chi connectivity index (χ3v) is 1.45. The molecule has 0 aromatic carbocycles. The lowest BCUT2D eigenvalue weighted by atomic mass is 10.3. The van der Waals surface area contributed by atoms with Crippen molar-refractivity contribution in [1.29, 1.82) is 0 Å². The van der Waals surface area contributed by atoms with Gasteiger partial charge in [0.1, 0.15) is 6.20 Å². The summed E-state index contributed by atoms with van der Waals surface area (Å²) in [6.45, 7) is 0. The highest BCUT2D eigenvalue weighted by atomic mass is 35.5. The third kappa shape index (κ3) is 1.88. The standard InChI is InChI=1S/C6H5ClN2O2/c7-2-5-1-6(9(10)11)4-8-3-5/h1,3-4H,2H2. The minimum absolute atomic E-state index is 0.0249. The Morgan fingerprint density at radius 2 is 2.36 bits per heavy atom. The Morgan fingerprint density at radius 1 is 1.64 bits per heavy atom. The van der Waals surface area contributed by atoms with Crippen molar-refractivity contribution in [3.05, 3.63) is 34.1 Å². The van der Waals surface area contributed by atoms with E-state index in [4.69, 9.17) is 11.6 Å². The van der Waals surface area contributed by atoms with Gasteiger partial charge in [0.25, 0.3) is 5.69 Å². The number of rotatable bonds is 2. The van der Waals surface area contributed by atoms with Crippen LogP contribution in [0.2, 0.25) is 0 Å². The van der Waals surface area contributed by atoms with Crippen LogP contribution in [0.25, 0.3) is 0 Å². The maximum absolute atomic E-state index is 10.2. The zero-order valence-corrected chi connectivity index (χ0v) is 6.28. The van der Waals surface area contributed by atoms with Crippen LogP contribution in [0.15, 0.2) is 18.5 Å². The Kier molecular flexibility index (Phi) is 2.38. The van der Waals surface area contributed by atoms with Crippen LogP contribution in [-0.4, -0.2) is 9.91 Å². The van der Waals surface area contributed by atoms with Crippen LogP contribution in [0.1, 0.15) is 5.56 Å². The van der Waals surface area contributed by atoms with E-state index in [0.717, 1.165) is 0 Å². The van der Waals surface area contributed by atoms with Gasteiger partial charge in [0.05, 0.1) is 4.92 Å². The molecular formula is C6H5ClN2O2. The summed E-state index contributed by atoms with van der Waals surface area (Å²) in [4.78, 5) is 13.3. The minimum Gasteiger partial charge on any atom is -0.258 e. The average Bonchev–Trinajstić information content (AvgIpc) is 2.05. The molecule has 0 amide bonds. The van der Waals surface area contributed by atoms with Crippen molar-refractivity contribution in [3.8, 4) is 0 Å². The summed E-state index contributed by atoms with van der Waals surface area (Å²) in [5, 5.41) is 10.2. The van der Waals surface area contributed by atoms with Crippen molar-refractivity contribution < 1.29 is 4.92 Å². The van der Waals surface area contributed by atoms with Crippen LogP contribution in [0.4, 0.5) is 5.69 Å². The zero-order chi connectivity index (χ0) is 8.27. The van der Waals surface area contributed by atoms with Crippen molar-refractivity contribution in [2.45, 2.75) is 5.88 Å². The van der Waals surface area contributed by atoms with E-state index in [9.17, 15) is 10.1 Å². The van der Waals surface area contributed by atoms with E-state index in [1.54, 1.807) is 0 Å². The molecule has 1 rings (SSSR count). The smallest absolute Gasteiger partial charge is 0.258 e. The molecule has 1 heterocycles. The van der Waals surface area contributed by atoms with Gasteiger partial charge in [-0.1, -0.05) is 0 Å². The van der Waals surface area contributed by atoms with Crippen LogP contribution < -0.4 is 0 Å². The number of hydrogen-bond acceptors (Lipinski definition) is 3. The van der Waals surface area contributed by atoms with Crippen molar-refractivity contribution >= 4 is 17.3 Å². The molecule has 0 saturated heterocycles. The monoisotopic (exact) mass is 172 g/mol. The summed E-state index contributed by atoms with van der Waals surface area (Å²) < 4.78 is 0. The lowest BCUT2D eigenvalue weighted by Gasteiger charge is -1.92. The largest absolute Gasteiger partial charge is 0.287 e. The van der Waals surface area contributed by atoms with Gasteiger partial charge in [0, 0.05) is 18.1 Å². The highest BCUT2D eigenvalue weighted by Gasteiger charge is 2.04. The van der Waals surface area contributed by atoms with E-state index in [0.29, 0.717) is 5.56 Å². The molecule has 0 aliphatic carbocycles. The quantitative estimate of drug-likeness (QED) is 0.388. The second-order valence-electron chi connectivity index (χ2n) is 1.94. The van der Waals surface area contributed by atoms with E-state index in [1.165, 1.54) is 18.5 Å². The fourth-order valence-electron chi connectivity index (χ4n) is 0.647. The molecule has 58 valence electrons. The fourth-order valence-corrected chi connectivity index (χ4v) is 0.793. The normalized spacial score (nSPS) is 9.55. The lowest BCUT2D eigenvalue weighted by Crippen LogP contribution is -1.90. The number of pyridine rings is 1. The van der Waals surface area contributed by atoms with E-state index >= 15 is 0 Å². The lowest BCUT2D eigenvalue weighted by molar-refractivity contribution is -0.385. The van der Waals surface area contributed by atoms with Crippen molar-refractivity contribution in [3.63, 3.8) is 0 Å². The molecule has 0 spiro atoms. The Morgan fingerprint density at radius 3 is 2.91 bits per heavy atom. The van der Waals surface area contributed by atoms with E-state index in [1.807, 2.05) is 0 Å². The second-order valence-corrected chi connectivity index (χ2v) is 2.21. The van der Waals surface area contributed by atoms with Crippen LogP contribution >= 0.6 is 11.6 Å². The van der Waals surface area contributed by atoms with Gasteiger partial charge in [-0.15, -0.1) is 11.6 Å². The van der Waals surface area contributed by atoms with Gasteiger partial charge >= 0.3 is 0 Å². The van der Waals surface area contributed by atoms with Crippen LogP contribution in [0, 0.1) is 10.1 Å². The van der Waals surface area contributed by atoms with Gasteiger partial charge in [0.2, 0.25) is 0 Å². The molecule has 0 saturated carbocycles. The average molecular weight is 173 g/mol. The molecule has 0 aliphatic rings. The number of nitrogens with zero attached hydrogens (tertiary/aromatic N) is 2. The Bertz CT molecular complexity index is 277. The number of hydrogen-bond donors (Lipinski definition) is 0. The predicted octanol–water partition coefficient (Wildman–Crippen LogP) is 1.73. The molecule has 1 aromatic heterocycles. The number of nitro groups is 1. The molecule has 0 N–H and O–H groups in total. The molecule has 0 unspecified atom stereocenters.